The van der Waals surface area contributed by atoms with Gasteiger partial charge in [-0.2, -0.15) is 0 Å². The van der Waals surface area contributed by atoms with Crippen LogP contribution in [0.5, 0.6) is 11.5 Å². The smallest absolute Gasteiger partial charge is 0.255 e. The van der Waals surface area contributed by atoms with Crippen LogP contribution in [0.15, 0.2) is 30.7 Å². The summed E-state index contributed by atoms with van der Waals surface area (Å²) in [4.78, 5) is 38.6. The third-order valence-corrected chi connectivity index (χ3v) is 6.60. The van der Waals surface area contributed by atoms with Gasteiger partial charge in [0.25, 0.3) is 5.91 Å². The molecule has 1 saturated heterocycles. The van der Waals surface area contributed by atoms with Crippen LogP contribution in [0.3, 0.4) is 0 Å². The van der Waals surface area contributed by atoms with Gasteiger partial charge in [0, 0.05) is 37.8 Å². The van der Waals surface area contributed by atoms with Crippen molar-refractivity contribution in [3.63, 3.8) is 0 Å². The van der Waals surface area contributed by atoms with Crippen LogP contribution in [-0.4, -0.2) is 64.5 Å². The lowest BCUT2D eigenvalue weighted by atomic mass is 10.0. The molecular weight excluding hydrogens is 434 g/mol. The molecule has 3 aromatic rings. The number of piperidine rings is 1. The van der Waals surface area contributed by atoms with Crippen LogP contribution in [-0.2, 0) is 4.79 Å². The number of benzene rings is 1. The van der Waals surface area contributed by atoms with E-state index in [1.165, 1.54) is 19.2 Å². The zero-order chi connectivity index (χ0) is 23.7. The number of nitrogens with zero attached hydrogens (tertiary/aromatic N) is 3. The molecule has 1 aliphatic heterocycles. The summed E-state index contributed by atoms with van der Waals surface area (Å²) in [5, 5.41) is 3.10. The SMILES string of the molecule is COc1ccc(OCC2CC2)c(-c2ncnc3c(C(=O)NC4CCN(C(C)=O)CC4)c[nH]c23)c1. The molecule has 2 aromatic heterocycles. The van der Waals surface area contributed by atoms with Crippen molar-refractivity contribution in [2.24, 2.45) is 5.92 Å². The molecule has 9 heteroatoms. The summed E-state index contributed by atoms with van der Waals surface area (Å²) in [7, 11) is 1.62. The molecule has 0 radical (unpaired) electrons. The van der Waals surface area contributed by atoms with Crippen molar-refractivity contribution in [2.75, 3.05) is 26.8 Å². The van der Waals surface area contributed by atoms with Crippen molar-refractivity contribution in [1.82, 2.24) is 25.2 Å². The third kappa shape index (κ3) is 4.55. The topological polar surface area (TPSA) is 109 Å². The number of likely N-dealkylation sites (tertiary alicyclic amines) is 1. The summed E-state index contributed by atoms with van der Waals surface area (Å²) in [6.45, 7) is 3.56. The van der Waals surface area contributed by atoms with E-state index in [0.717, 1.165) is 24.2 Å². The maximum absolute atomic E-state index is 13.1. The number of fused-ring (bicyclic) bond motifs is 1. The second-order valence-corrected chi connectivity index (χ2v) is 9.02. The van der Waals surface area contributed by atoms with Crippen LogP contribution in [0.1, 0.15) is 43.0 Å². The number of ether oxygens (including phenoxy) is 2. The lowest BCUT2D eigenvalue weighted by Gasteiger charge is -2.31. The first-order valence-corrected chi connectivity index (χ1v) is 11.7. The fraction of sp³-hybridized carbons (Fsp3) is 0.440. The van der Waals surface area contributed by atoms with Crippen LogP contribution in [0, 0.1) is 5.92 Å². The van der Waals surface area contributed by atoms with Gasteiger partial charge in [-0.05, 0) is 49.8 Å². The normalized spacial score (nSPS) is 16.5. The van der Waals surface area contributed by atoms with Gasteiger partial charge >= 0.3 is 0 Å². The highest BCUT2D eigenvalue weighted by atomic mass is 16.5. The van der Waals surface area contributed by atoms with E-state index in [2.05, 4.69) is 20.3 Å². The molecule has 9 nitrogen and oxygen atoms in total. The van der Waals surface area contributed by atoms with E-state index in [9.17, 15) is 9.59 Å². The Balaban J connectivity index is 1.41. The first-order chi connectivity index (χ1) is 16.5. The van der Waals surface area contributed by atoms with Crippen LogP contribution in [0.2, 0.25) is 0 Å². The number of aromatic amines is 1. The van der Waals surface area contributed by atoms with E-state index < -0.39 is 0 Å². The lowest BCUT2D eigenvalue weighted by Crippen LogP contribution is -2.45. The highest BCUT2D eigenvalue weighted by Crippen LogP contribution is 2.37. The molecule has 0 unspecified atom stereocenters. The number of nitrogens with one attached hydrogen (secondary N) is 2. The Kier molecular flexibility index (Phi) is 6.08. The minimum atomic E-state index is -0.187. The Morgan fingerprint density at radius 3 is 2.68 bits per heavy atom. The van der Waals surface area contributed by atoms with Crippen LogP contribution < -0.4 is 14.8 Å². The Morgan fingerprint density at radius 1 is 1.18 bits per heavy atom. The van der Waals surface area contributed by atoms with E-state index in [1.54, 1.807) is 20.2 Å². The van der Waals surface area contributed by atoms with E-state index in [-0.39, 0.29) is 17.9 Å². The largest absolute Gasteiger partial charge is 0.497 e. The van der Waals surface area contributed by atoms with Crippen molar-refractivity contribution in [3.05, 3.63) is 36.3 Å². The number of H-pyrrole nitrogens is 1. The minimum absolute atomic E-state index is 0.0233. The Hall–Kier alpha value is -3.62. The predicted octanol–water partition coefficient (Wildman–Crippen LogP) is 3.16. The Morgan fingerprint density at radius 2 is 1.97 bits per heavy atom. The highest BCUT2D eigenvalue weighted by molar-refractivity contribution is 6.08. The molecule has 1 saturated carbocycles. The number of amides is 2. The van der Waals surface area contributed by atoms with Crippen molar-refractivity contribution >= 4 is 22.8 Å². The molecular formula is C25H29N5O4. The predicted molar refractivity (Wildman–Crippen MR) is 127 cm³/mol. The Labute approximate surface area is 197 Å². The molecule has 5 rings (SSSR count). The molecule has 178 valence electrons. The van der Waals surface area contributed by atoms with Crippen LogP contribution in [0.25, 0.3) is 22.3 Å². The van der Waals surface area contributed by atoms with Gasteiger partial charge in [-0.15, -0.1) is 0 Å². The number of carbonyl (C=O) groups is 2. The lowest BCUT2D eigenvalue weighted by molar-refractivity contribution is -0.129. The van der Waals surface area contributed by atoms with Crippen LogP contribution in [0.4, 0.5) is 0 Å². The van der Waals surface area contributed by atoms with E-state index in [0.29, 0.717) is 53.7 Å². The molecule has 1 aromatic carbocycles. The minimum Gasteiger partial charge on any atom is -0.497 e. The molecule has 2 amide bonds. The fourth-order valence-electron chi connectivity index (χ4n) is 4.36. The number of hydrogen-bond donors (Lipinski definition) is 2. The number of carbonyl (C=O) groups excluding carboxylic acids is 2. The summed E-state index contributed by atoms with van der Waals surface area (Å²) in [6, 6.07) is 5.69. The first-order valence-electron chi connectivity index (χ1n) is 11.7. The van der Waals surface area contributed by atoms with Gasteiger partial charge in [-0.25, -0.2) is 9.97 Å². The van der Waals surface area contributed by atoms with Crippen molar-refractivity contribution in [1.29, 1.82) is 0 Å². The standard InChI is InChI=1S/C25H29N5O4/c1-15(31)30-9-7-17(8-10-30)29-25(32)20-12-26-24-22(27-14-28-23(20)24)19-11-18(33-2)5-6-21(19)34-13-16-3-4-16/h5-6,11-12,14,16-17,26H,3-4,7-10,13H2,1-2H3,(H,29,32). The monoisotopic (exact) mass is 463 g/mol. The Bertz CT molecular complexity index is 1210. The second-order valence-electron chi connectivity index (χ2n) is 9.02. The molecule has 2 fully saturated rings. The molecule has 1 aliphatic carbocycles. The van der Waals surface area contributed by atoms with E-state index >= 15 is 0 Å². The summed E-state index contributed by atoms with van der Waals surface area (Å²) < 4.78 is 11.5. The van der Waals surface area contributed by atoms with Gasteiger partial charge in [-0.3, -0.25) is 9.59 Å². The van der Waals surface area contributed by atoms with Gasteiger partial charge < -0.3 is 24.7 Å². The zero-order valence-electron chi connectivity index (χ0n) is 19.5. The van der Waals surface area contributed by atoms with Gasteiger partial charge in [0.2, 0.25) is 5.91 Å². The maximum Gasteiger partial charge on any atom is 0.255 e. The number of rotatable bonds is 7. The summed E-state index contributed by atoms with van der Waals surface area (Å²) in [6.07, 6.45) is 7.02. The van der Waals surface area contributed by atoms with Gasteiger partial charge in [0.15, 0.2) is 0 Å². The maximum atomic E-state index is 13.1. The summed E-state index contributed by atoms with van der Waals surface area (Å²) >= 11 is 0. The first kappa shape index (κ1) is 22.2. The quantitative estimate of drug-likeness (QED) is 0.557. The molecule has 2 N–H and O–H groups in total. The van der Waals surface area contributed by atoms with Crippen molar-refractivity contribution in [2.45, 2.75) is 38.6 Å². The number of hydrogen-bond acceptors (Lipinski definition) is 6. The third-order valence-electron chi connectivity index (χ3n) is 6.60. The average Bonchev–Trinajstić information content (AvgIpc) is 3.58. The molecule has 0 spiro atoms. The van der Waals surface area contributed by atoms with Crippen LogP contribution >= 0.6 is 0 Å². The molecule has 3 heterocycles. The number of methoxy groups -OCH3 is 1. The molecule has 0 bridgehead atoms. The van der Waals surface area contributed by atoms with E-state index in [4.69, 9.17) is 9.47 Å². The molecule has 34 heavy (non-hydrogen) atoms. The van der Waals surface area contributed by atoms with Gasteiger partial charge in [0.1, 0.15) is 29.0 Å². The van der Waals surface area contributed by atoms with Gasteiger partial charge in [-0.1, -0.05) is 0 Å². The van der Waals surface area contributed by atoms with Crippen molar-refractivity contribution in [3.8, 4) is 22.8 Å². The van der Waals surface area contributed by atoms with Crippen molar-refractivity contribution < 1.29 is 19.1 Å². The molecule has 0 atom stereocenters. The zero-order valence-corrected chi connectivity index (χ0v) is 19.5. The van der Waals surface area contributed by atoms with E-state index in [1.807, 2.05) is 23.1 Å². The fourth-order valence-corrected chi connectivity index (χ4v) is 4.36. The molecule has 2 aliphatic rings. The highest BCUT2D eigenvalue weighted by Gasteiger charge is 2.26. The second kappa shape index (κ2) is 9.32. The average molecular weight is 464 g/mol. The summed E-state index contributed by atoms with van der Waals surface area (Å²) in [5.41, 5.74) is 3.14. The number of aromatic nitrogens is 3. The van der Waals surface area contributed by atoms with Gasteiger partial charge in [0.05, 0.1) is 24.8 Å². The summed E-state index contributed by atoms with van der Waals surface area (Å²) in [5.74, 6) is 1.92.